The van der Waals surface area contributed by atoms with Gasteiger partial charge in [-0.3, -0.25) is 0 Å². The van der Waals surface area contributed by atoms with E-state index in [2.05, 4.69) is 20.9 Å². The molecule has 0 aliphatic rings. The van der Waals surface area contributed by atoms with Gasteiger partial charge in [0.2, 0.25) is 15.9 Å². The van der Waals surface area contributed by atoms with Gasteiger partial charge in [0.25, 0.3) is 6.43 Å². The molecule has 1 aromatic rings. The predicted molar refractivity (Wildman–Crippen MR) is 54.8 cm³/mol. The number of methoxy groups -OCH3 is 1. The normalized spacial score (nSPS) is 11.9. The molecule has 0 saturated carbocycles. The summed E-state index contributed by atoms with van der Waals surface area (Å²) < 4.78 is 51.9. The van der Waals surface area contributed by atoms with Gasteiger partial charge in [-0.25, -0.2) is 27.3 Å². The zero-order chi connectivity index (χ0) is 12.5. The Morgan fingerprint density at radius 3 is 2.50 bits per heavy atom. The number of aromatic nitrogens is 1. The molecule has 0 radical (unpaired) electrons. The average molecular weight is 317 g/mol. The second-order valence-corrected chi connectivity index (χ2v) is 5.00. The van der Waals surface area contributed by atoms with E-state index in [1.807, 2.05) is 0 Å². The molecule has 0 spiro atoms. The van der Waals surface area contributed by atoms with E-state index in [-0.39, 0.29) is 10.4 Å². The van der Waals surface area contributed by atoms with Gasteiger partial charge in [-0.15, -0.1) is 0 Å². The van der Waals surface area contributed by atoms with Crippen LogP contribution in [0.5, 0.6) is 5.88 Å². The Kier molecular flexibility index (Phi) is 3.81. The smallest absolute Gasteiger partial charge is 0.266 e. The van der Waals surface area contributed by atoms with Crippen LogP contribution < -0.4 is 9.88 Å². The maximum atomic E-state index is 12.6. The van der Waals surface area contributed by atoms with Gasteiger partial charge in [-0.2, -0.15) is 0 Å². The quantitative estimate of drug-likeness (QED) is 0.914. The Labute approximate surface area is 98.8 Å². The Hall–Kier alpha value is -0.800. The molecular weight excluding hydrogens is 310 g/mol. The van der Waals surface area contributed by atoms with Crippen molar-refractivity contribution in [3.8, 4) is 5.88 Å². The molecule has 1 heterocycles. The van der Waals surface area contributed by atoms with Gasteiger partial charge in [-0.1, -0.05) is 0 Å². The van der Waals surface area contributed by atoms with Crippen LogP contribution in [0.1, 0.15) is 12.0 Å². The number of rotatable bonds is 3. The third kappa shape index (κ3) is 2.47. The van der Waals surface area contributed by atoms with E-state index in [9.17, 15) is 17.2 Å². The van der Waals surface area contributed by atoms with Crippen molar-refractivity contribution < 1.29 is 21.9 Å². The fraction of sp³-hybridized carbons (Fsp3) is 0.286. The third-order valence-corrected chi connectivity index (χ3v) is 3.69. The molecule has 2 N–H and O–H groups in total. The SMILES string of the molecule is COc1ncc(C(F)F)c(S(N)(=O)=O)c1Br. The topological polar surface area (TPSA) is 82.3 Å². The van der Waals surface area contributed by atoms with Crippen molar-refractivity contribution in [1.29, 1.82) is 0 Å². The Morgan fingerprint density at radius 2 is 2.12 bits per heavy atom. The number of alkyl halides is 2. The molecule has 0 unspecified atom stereocenters. The van der Waals surface area contributed by atoms with Crippen LogP contribution >= 0.6 is 15.9 Å². The number of hydrogen-bond acceptors (Lipinski definition) is 4. The van der Waals surface area contributed by atoms with Crippen molar-refractivity contribution in [3.63, 3.8) is 0 Å². The van der Waals surface area contributed by atoms with E-state index in [0.717, 1.165) is 0 Å². The summed E-state index contributed by atoms with van der Waals surface area (Å²) in [6.07, 6.45) is -2.28. The fourth-order valence-electron chi connectivity index (χ4n) is 1.05. The van der Waals surface area contributed by atoms with Gasteiger partial charge < -0.3 is 4.74 Å². The van der Waals surface area contributed by atoms with Crippen molar-refractivity contribution in [1.82, 2.24) is 4.98 Å². The molecule has 0 amide bonds. The molecule has 90 valence electrons. The highest BCUT2D eigenvalue weighted by molar-refractivity contribution is 9.10. The average Bonchev–Trinajstić information content (AvgIpc) is 2.14. The largest absolute Gasteiger partial charge is 0.480 e. The lowest BCUT2D eigenvalue weighted by Gasteiger charge is -2.10. The number of nitrogens with two attached hydrogens (primary N) is 1. The van der Waals surface area contributed by atoms with Gasteiger partial charge in [0.05, 0.1) is 12.7 Å². The lowest BCUT2D eigenvalue weighted by molar-refractivity contribution is 0.147. The molecular formula is C7H7BrF2N2O3S. The lowest BCUT2D eigenvalue weighted by Crippen LogP contribution is -2.16. The summed E-state index contributed by atoms with van der Waals surface area (Å²) in [7, 11) is -3.06. The number of hydrogen-bond donors (Lipinski definition) is 1. The second-order valence-electron chi connectivity index (χ2n) is 2.71. The predicted octanol–water partition coefficient (Wildman–Crippen LogP) is 1.44. The zero-order valence-electron chi connectivity index (χ0n) is 7.95. The van der Waals surface area contributed by atoms with Gasteiger partial charge in [0.15, 0.2) is 0 Å². The molecule has 0 saturated heterocycles. The van der Waals surface area contributed by atoms with E-state index in [4.69, 9.17) is 9.88 Å². The molecule has 16 heavy (non-hydrogen) atoms. The summed E-state index contributed by atoms with van der Waals surface area (Å²) in [5.74, 6) is -0.131. The van der Waals surface area contributed by atoms with Crippen LogP contribution in [0.25, 0.3) is 0 Å². The van der Waals surface area contributed by atoms with E-state index < -0.39 is 26.9 Å². The molecule has 0 bridgehead atoms. The lowest BCUT2D eigenvalue weighted by atomic mass is 10.3. The summed E-state index contributed by atoms with van der Waals surface area (Å²) in [4.78, 5) is 2.81. The minimum Gasteiger partial charge on any atom is -0.480 e. The van der Waals surface area contributed by atoms with Crippen LogP contribution in [0.3, 0.4) is 0 Å². The van der Waals surface area contributed by atoms with Crippen molar-refractivity contribution in [2.24, 2.45) is 5.14 Å². The molecule has 1 rings (SSSR count). The number of halogens is 3. The Balaban J connectivity index is 3.63. The Bertz CT molecular complexity index is 507. The highest BCUT2D eigenvalue weighted by atomic mass is 79.9. The maximum Gasteiger partial charge on any atom is 0.266 e. The molecule has 5 nitrogen and oxygen atoms in total. The van der Waals surface area contributed by atoms with Crippen LogP contribution in [0.2, 0.25) is 0 Å². The van der Waals surface area contributed by atoms with Crippen LogP contribution in [0, 0.1) is 0 Å². The van der Waals surface area contributed by atoms with E-state index in [1.54, 1.807) is 0 Å². The summed E-state index contributed by atoms with van der Waals surface area (Å²) in [6.45, 7) is 0. The molecule has 9 heteroatoms. The minimum atomic E-state index is -4.29. The second kappa shape index (κ2) is 4.60. The highest BCUT2D eigenvalue weighted by Crippen LogP contribution is 2.35. The first-order valence-electron chi connectivity index (χ1n) is 3.82. The first-order valence-corrected chi connectivity index (χ1v) is 6.16. The highest BCUT2D eigenvalue weighted by Gasteiger charge is 2.26. The third-order valence-electron chi connectivity index (χ3n) is 1.68. The molecule has 1 aromatic heterocycles. The van der Waals surface area contributed by atoms with Crippen LogP contribution in [-0.4, -0.2) is 20.5 Å². The van der Waals surface area contributed by atoms with Crippen molar-refractivity contribution in [2.45, 2.75) is 11.3 Å². The Morgan fingerprint density at radius 1 is 1.56 bits per heavy atom. The van der Waals surface area contributed by atoms with Gasteiger partial charge in [0, 0.05) is 6.20 Å². The maximum absolute atomic E-state index is 12.6. The molecule has 0 aliphatic heterocycles. The molecule has 0 atom stereocenters. The van der Waals surface area contributed by atoms with Gasteiger partial charge >= 0.3 is 0 Å². The van der Waals surface area contributed by atoms with Gasteiger partial charge in [-0.05, 0) is 15.9 Å². The summed E-state index contributed by atoms with van der Waals surface area (Å²) in [5, 5.41) is 4.85. The van der Waals surface area contributed by atoms with E-state index in [1.165, 1.54) is 7.11 Å². The molecule has 0 aromatic carbocycles. The van der Waals surface area contributed by atoms with Gasteiger partial charge in [0.1, 0.15) is 9.37 Å². The number of ether oxygens (including phenoxy) is 1. The van der Waals surface area contributed by atoms with Crippen molar-refractivity contribution >= 4 is 26.0 Å². The van der Waals surface area contributed by atoms with Crippen LogP contribution in [0.4, 0.5) is 8.78 Å². The van der Waals surface area contributed by atoms with E-state index >= 15 is 0 Å². The summed E-state index contributed by atoms with van der Waals surface area (Å²) >= 11 is 2.82. The van der Waals surface area contributed by atoms with Crippen molar-refractivity contribution in [3.05, 3.63) is 16.2 Å². The molecule has 0 aliphatic carbocycles. The number of pyridine rings is 1. The summed E-state index contributed by atoms with van der Waals surface area (Å²) in [6, 6.07) is 0. The van der Waals surface area contributed by atoms with Crippen molar-refractivity contribution in [2.75, 3.05) is 7.11 Å². The molecule has 0 fully saturated rings. The van der Waals surface area contributed by atoms with Crippen LogP contribution in [-0.2, 0) is 10.0 Å². The first kappa shape index (κ1) is 13.3. The standard InChI is InChI=1S/C7H7BrF2N2O3S/c1-15-7-4(8)5(16(11,13)14)3(2-12-7)6(9)10/h2,6H,1H3,(H2,11,13,14). The minimum absolute atomic E-state index is 0.131. The fourth-order valence-corrected chi connectivity index (χ4v) is 3.03. The van der Waals surface area contributed by atoms with Crippen LogP contribution in [0.15, 0.2) is 15.6 Å². The number of primary sulfonamides is 1. The monoisotopic (exact) mass is 316 g/mol. The summed E-state index contributed by atoms with van der Waals surface area (Å²) in [5.41, 5.74) is -0.768. The number of sulfonamides is 1. The first-order chi connectivity index (χ1) is 7.29. The zero-order valence-corrected chi connectivity index (χ0v) is 10.3. The number of nitrogens with zero attached hydrogens (tertiary/aromatic N) is 1. The van der Waals surface area contributed by atoms with E-state index in [0.29, 0.717) is 6.20 Å².